The van der Waals surface area contributed by atoms with Crippen LogP contribution in [0.4, 0.5) is 0 Å². The van der Waals surface area contributed by atoms with Crippen LogP contribution in [0.15, 0.2) is 53.5 Å². The average Bonchev–Trinajstić information content (AvgIpc) is 2.60. The number of halogens is 1. The van der Waals surface area contributed by atoms with Crippen molar-refractivity contribution in [2.24, 2.45) is 4.99 Å². The van der Waals surface area contributed by atoms with Gasteiger partial charge in [0.25, 0.3) is 0 Å². The third-order valence-electron chi connectivity index (χ3n) is 3.49. The summed E-state index contributed by atoms with van der Waals surface area (Å²) in [4.78, 5) is 4.23. The van der Waals surface area contributed by atoms with Crippen LogP contribution in [-0.2, 0) is 13.0 Å². The van der Waals surface area contributed by atoms with Gasteiger partial charge in [0.2, 0.25) is 0 Å². The quantitative estimate of drug-likeness (QED) is 0.631. The number of nitrogens with one attached hydrogen (secondary N) is 2. The standard InChI is InChI=1S/C18H22ClN3O/c1-20-18(21-12-11-15-5-3-4-6-17(15)19)22-13-14-7-9-16(23-2)10-8-14/h3-10H,11-13H2,1-2H3,(H2,20,21,22). The van der Waals surface area contributed by atoms with Crippen LogP contribution in [0.25, 0.3) is 0 Å². The van der Waals surface area contributed by atoms with Gasteiger partial charge >= 0.3 is 0 Å². The first-order valence-electron chi connectivity index (χ1n) is 7.54. The molecule has 0 spiro atoms. The van der Waals surface area contributed by atoms with Crippen molar-refractivity contribution in [3.63, 3.8) is 0 Å². The molecule has 2 N–H and O–H groups in total. The monoisotopic (exact) mass is 331 g/mol. The number of hydrogen-bond donors (Lipinski definition) is 2. The summed E-state index contributed by atoms with van der Waals surface area (Å²) in [5, 5.41) is 7.38. The minimum atomic E-state index is 0.704. The number of methoxy groups -OCH3 is 1. The van der Waals surface area contributed by atoms with Gasteiger partial charge in [0.05, 0.1) is 7.11 Å². The average molecular weight is 332 g/mol. The first-order valence-corrected chi connectivity index (χ1v) is 7.91. The van der Waals surface area contributed by atoms with Crippen LogP contribution in [0.5, 0.6) is 5.75 Å². The molecule has 0 fully saturated rings. The molecule has 0 heterocycles. The lowest BCUT2D eigenvalue weighted by atomic mass is 10.1. The number of aliphatic imine (C=N–C) groups is 1. The second-order valence-electron chi connectivity index (χ2n) is 5.04. The van der Waals surface area contributed by atoms with E-state index in [1.54, 1.807) is 14.2 Å². The largest absolute Gasteiger partial charge is 0.497 e. The zero-order valence-electron chi connectivity index (χ0n) is 13.5. The summed E-state index contributed by atoms with van der Waals surface area (Å²) in [6.07, 6.45) is 0.850. The summed E-state index contributed by atoms with van der Waals surface area (Å²) in [5.74, 6) is 1.63. The minimum Gasteiger partial charge on any atom is -0.497 e. The van der Waals surface area contributed by atoms with E-state index in [1.807, 2.05) is 48.5 Å². The first-order chi connectivity index (χ1) is 11.2. The molecule has 0 aliphatic heterocycles. The summed E-state index contributed by atoms with van der Waals surface area (Å²) in [6.45, 7) is 1.47. The van der Waals surface area contributed by atoms with E-state index in [2.05, 4.69) is 15.6 Å². The number of guanidine groups is 1. The van der Waals surface area contributed by atoms with Gasteiger partial charge in [0.15, 0.2) is 5.96 Å². The summed E-state index contributed by atoms with van der Waals surface area (Å²) in [6, 6.07) is 15.8. The van der Waals surface area contributed by atoms with E-state index in [9.17, 15) is 0 Å². The van der Waals surface area contributed by atoms with Crippen molar-refractivity contribution in [2.45, 2.75) is 13.0 Å². The lowest BCUT2D eigenvalue weighted by Crippen LogP contribution is -2.37. The Balaban J connectivity index is 1.78. The predicted octanol–water partition coefficient (Wildman–Crippen LogP) is 3.26. The molecule has 4 nitrogen and oxygen atoms in total. The van der Waals surface area contributed by atoms with Crippen LogP contribution in [0.3, 0.4) is 0 Å². The highest BCUT2D eigenvalue weighted by Gasteiger charge is 2.01. The minimum absolute atomic E-state index is 0.704. The molecule has 122 valence electrons. The zero-order chi connectivity index (χ0) is 16.5. The first kappa shape index (κ1) is 17.2. The molecule has 0 atom stereocenters. The normalized spacial score (nSPS) is 11.2. The maximum Gasteiger partial charge on any atom is 0.191 e. The molecule has 0 aliphatic carbocycles. The van der Waals surface area contributed by atoms with E-state index in [0.717, 1.165) is 35.3 Å². The van der Waals surface area contributed by atoms with Crippen molar-refractivity contribution in [3.05, 3.63) is 64.7 Å². The van der Waals surface area contributed by atoms with E-state index >= 15 is 0 Å². The van der Waals surface area contributed by atoms with Gasteiger partial charge in [0.1, 0.15) is 5.75 Å². The van der Waals surface area contributed by atoms with Gasteiger partial charge in [-0.25, -0.2) is 0 Å². The Kier molecular flexibility index (Phi) is 6.76. The van der Waals surface area contributed by atoms with Crippen molar-refractivity contribution >= 4 is 17.6 Å². The Bertz CT molecular complexity index is 641. The SMILES string of the molecule is CN=C(NCCc1ccccc1Cl)NCc1ccc(OC)cc1. The maximum atomic E-state index is 6.16. The molecular formula is C18H22ClN3O. The number of ether oxygens (including phenoxy) is 1. The molecule has 0 unspecified atom stereocenters. The van der Waals surface area contributed by atoms with E-state index in [4.69, 9.17) is 16.3 Å². The van der Waals surface area contributed by atoms with Gasteiger partial charge < -0.3 is 15.4 Å². The highest BCUT2D eigenvalue weighted by atomic mass is 35.5. The fourth-order valence-corrected chi connectivity index (χ4v) is 2.40. The molecule has 2 aromatic rings. The Labute approximate surface area is 142 Å². The van der Waals surface area contributed by atoms with Crippen molar-refractivity contribution < 1.29 is 4.74 Å². The van der Waals surface area contributed by atoms with Crippen LogP contribution >= 0.6 is 11.6 Å². The van der Waals surface area contributed by atoms with Gasteiger partial charge in [-0.1, -0.05) is 41.9 Å². The van der Waals surface area contributed by atoms with Gasteiger partial charge in [-0.05, 0) is 35.7 Å². The third-order valence-corrected chi connectivity index (χ3v) is 3.86. The molecular weight excluding hydrogens is 310 g/mol. The molecule has 0 aliphatic rings. The van der Waals surface area contributed by atoms with Crippen molar-refractivity contribution in [3.8, 4) is 5.75 Å². The molecule has 0 aromatic heterocycles. The number of nitrogens with zero attached hydrogens (tertiary/aromatic N) is 1. The Morgan fingerprint density at radius 1 is 1.09 bits per heavy atom. The highest BCUT2D eigenvalue weighted by molar-refractivity contribution is 6.31. The fraction of sp³-hybridized carbons (Fsp3) is 0.278. The number of rotatable bonds is 6. The predicted molar refractivity (Wildman–Crippen MR) is 96.4 cm³/mol. The van der Waals surface area contributed by atoms with Crippen LogP contribution in [0.1, 0.15) is 11.1 Å². The van der Waals surface area contributed by atoms with Gasteiger partial charge in [0, 0.05) is 25.2 Å². The number of hydrogen-bond acceptors (Lipinski definition) is 2. The molecule has 5 heteroatoms. The Morgan fingerprint density at radius 2 is 1.83 bits per heavy atom. The molecule has 2 rings (SSSR count). The Hall–Kier alpha value is -2.20. The molecule has 0 radical (unpaired) electrons. The van der Waals surface area contributed by atoms with E-state index in [1.165, 1.54) is 5.56 Å². The van der Waals surface area contributed by atoms with Gasteiger partial charge in [-0.3, -0.25) is 4.99 Å². The molecule has 23 heavy (non-hydrogen) atoms. The summed E-state index contributed by atoms with van der Waals surface area (Å²) >= 11 is 6.16. The zero-order valence-corrected chi connectivity index (χ0v) is 14.2. The highest BCUT2D eigenvalue weighted by Crippen LogP contribution is 2.14. The van der Waals surface area contributed by atoms with Gasteiger partial charge in [-0.15, -0.1) is 0 Å². The number of benzene rings is 2. The van der Waals surface area contributed by atoms with Crippen LogP contribution in [-0.4, -0.2) is 26.7 Å². The molecule has 0 saturated carbocycles. The lowest BCUT2D eigenvalue weighted by Gasteiger charge is -2.12. The lowest BCUT2D eigenvalue weighted by molar-refractivity contribution is 0.414. The van der Waals surface area contributed by atoms with Crippen LogP contribution in [0, 0.1) is 0 Å². The van der Waals surface area contributed by atoms with Crippen molar-refractivity contribution in [1.82, 2.24) is 10.6 Å². The van der Waals surface area contributed by atoms with Crippen molar-refractivity contribution in [2.75, 3.05) is 20.7 Å². The Morgan fingerprint density at radius 3 is 2.48 bits per heavy atom. The van der Waals surface area contributed by atoms with Crippen LogP contribution < -0.4 is 15.4 Å². The van der Waals surface area contributed by atoms with Crippen LogP contribution in [0.2, 0.25) is 5.02 Å². The third kappa shape index (κ3) is 5.49. The summed E-state index contributed by atoms with van der Waals surface area (Å²) in [5.41, 5.74) is 2.30. The summed E-state index contributed by atoms with van der Waals surface area (Å²) in [7, 11) is 3.43. The second kappa shape index (κ2) is 9.06. The van der Waals surface area contributed by atoms with Crippen molar-refractivity contribution in [1.29, 1.82) is 0 Å². The molecule has 2 aromatic carbocycles. The topological polar surface area (TPSA) is 45.7 Å². The molecule has 0 saturated heterocycles. The van der Waals surface area contributed by atoms with E-state index in [0.29, 0.717) is 6.54 Å². The maximum absolute atomic E-state index is 6.16. The smallest absolute Gasteiger partial charge is 0.191 e. The van der Waals surface area contributed by atoms with E-state index < -0.39 is 0 Å². The molecule has 0 bridgehead atoms. The summed E-state index contributed by atoms with van der Waals surface area (Å²) < 4.78 is 5.15. The van der Waals surface area contributed by atoms with E-state index in [-0.39, 0.29) is 0 Å². The molecule has 0 amide bonds. The fourth-order valence-electron chi connectivity index (χ4n) is 2.17. The second-order valence-corrected chi connectivity index (χ2v) is 5.45. The van der Waals surface area contributed by atoms with Gasteiger partial charge in [-0.2, -0.15) is 0 Å².